The van der Waals surface area contributed by atoms with Crippen molar-refractivity contribution in [2.24, 2.45) is 0 Å². The third-order valence-electron chi connectivity index (χ3n) is 4.79. The lowest BCUT2D eigenvalue weighted by Crippen LogP contribution is -2.09. The van der Waals surface area contributed by atoms with Crippen LogP contribution in [0.4, 0.5) is 0 Å². The Morgan fingerprint density at radius 2 is 1.45 bits per heavy atom. The predicted molar refractivity (Wildman–Crippen MR) is 124 cm³/mol. The quantitative estimate of drug-likeness (QED) is 0.201. The topological polar surface area (TPSA) is 80.3 Å². The molecule has 0 aliphatic rings. The molecule has 3 rings (SSSR count). The third kappa shape index (κ3) is 5.71. The number of rotatable bonds is 9. The predicted octanol–water partition coefficient (Wildman–Crippen LogP) is 4.84. The van der Waals surface area contributed by atoms with Gasteiger partial charge in [0.05, 0.1) is 39.6 Å². The Labute approximate surface area is 192 Å². The van der Waals surface area contributed by atoms with E-state index >= 15 is 0 Å². The summed E-state index contributed by atoms with van der Waals surface area (Å²) in [7, 11) is 6.04. The Bertz CT molecular complexity index is 1180. The first kappa shape index (κ1) is 23.4. The molecule has 0 saturated carbocycles. The molecule has 0 saturated heterocycles. The van der Waals surface area contributed by atoms with Crippen LogP contribution < -0.4 is 23.7 Å². The minimum Gasteiger partial charge on any atom is -0.497 e. The highest BCUT2D eigenvalue weighted by atomic mass is 16.5. The fraction of sp³-hybridized carbons (Fsp3) is 0.154. The number of benzene rings is 3. The van der Waals surface area contributed by atoms with Gasteiger partial charge in [-0.05, 0) is 54.1 Å². The Kier molecular flexibility index (Phi) is 7.70. The molecule has 3 aromatic rings. The average Bonchev–Trinajstić information content (AvgIpc) is 2.86. The molecule has 0 unspecified atom stereocenters. The monoisotopic (exact) mass is 448 g/mol. The number of methoxy groups -OCH3 is 4. The van der Waals surface area contributed by atoms with Crippen LogP contribution in [0.25, 0.3) is 6.08 Å². The standard InChI is InChI=1S/C26H24O7/c1-29-19-10-11-21(24(16-19)31-3)22(27)12-8-17-6-5-7-20(14-17)33-26(28)18-9-13-23(30-2)25(15-18)32-4/h5-16H,1-4H3. The van der Waals surface area contributed by atoms with Gasteiger partial charge in [0.25, 0.3) is 0 Å². The molecule has 7 nitrogen and oxygen atoms in total. The van der Waals surface area contributed by atoms with Gasteiger partial charge >= 0.3 is 5.97 Å². The molecule has 33 heavy (non-hydrogen) atoms. The fourth-order valence-corrected chi connectivity index (χ4v) is 3.07. The first-order chi connectivity index (χ1) is 16.0. The second-order valence-corrected chi connectivity index (χ2v) is 6.80. The maximum atomic E-state index is 12.6. The summed E-state index contributed by atoms with van der Waals surface area (Å²) in [4.78, 5) is 25.2. The number of carbonyl (C=O) groups is 2. The Morgan fingerprint density at radius 3 is 2.15 bits per heavy atom. The van der Waals surface area contributed by atoms with Crippen LogP contribution in [0.2, 0.25) is 0 Å². The molecular weight excluding hydrogens is 424 g/mol. The molecule has 0 amide bonds. The highest BCUT2D eigenvalue weighted by Gasteiger charge is 2.14. The van der Waals surface area contributed by atoms with Crippen LogP contribution in [0.1, 0.15) is 26.3 Å². The maximum absolute atomic E-state index is 12.6. The third-order valence-corrected chi connectivity index (χ3v) is 4.79. The second-order valence-electron chi connectivity index (χ2n) is 6.80. The summed E-state index contributed by atoms with van der Waals surface area (Å²) in [5.41, 5.74) is 1.41. The number of ether oxygens (including phenoxy) is 5. The molecule has 3 aromatic carbocycles. The minimum absolute atomic E-state index is 0.234. The Morgan fingerprint density at radius 1 is 0.697 bits per heavy atom. The summed E-state index contributed by atoms with van der Waals surface area (Å²) in [6.45, 7) is 0. The minimum atomic E-state index is -0.545. The molecule has 0 aromatic heterocycles. The normalized spacial score (nSPS) is 10.5. The van der Waals surface area contributed by atoms with Crippen molar-refractivity contribution in [2.75, 3.05) is 28.4 Å². The lowest BCUT2D eigenvalue weighted by molar-refractivity contribution is 0.0734. The number of hydrogen-bond donors (Lipinski definition) is 0. The molecule has 170 valence electrons. The Hall–Kier alpha value is -4.26. The summed E-state index contributed by atoms with van der Waals surface area (Å²) < 4.78 is 26.3. The van der Waals surface area contributed by atoms with E-state index in [1.807, 2.05) is 0 Å². The van der Waals surface area contributed by atoms with E-state index in [9.17, 15) is 9.59 Å². The zero-order valence-electron chi connectivity index (χ0n) is 18.8. The van der Waals surface area contributed by atoms with E-state index < -0.39 is 5.97 Å². The van der Waals surface area contributed by atoms with Gasteiger partial charge in [0.2, 0.25) is 0 Å². The van der Waals surface area contributed by atoms with Gasteiger partial charge in [-0.15, -0.1) is 0 Å². The van der Waals surface area contributed by atoms with E-state index in [1.54, 1.807) is 73.8 Å². The molecule has 0 radical (unpaired) electrons. The highest BCUT2D eigenvalue weighted by Crippen LogP contribution is 2.28. The zero-order chi connectivity index (χ0) is 23.8. The van der Waals surface area contributed by atoms with E-state index in [-0.39, 0.29) is 5.78 Å². The van der Waals surface area contributed by atoms with Gasteiger partial charge in [0, 0.05) is 6.07 Å². The zero-order valence-corrected chi connectivity index (χ0v) is 18.8. The first-order valence-electron chi connectivity index (χ1n) is 9.97. The molecule has 0 heterocycles. The van der Waals surface area contributed by atoms with Crippen molar-refractivity contribution in [3.05, 3.63) is 83.4 Å². The van der Waals surface area contributed by atoms with Gasteiger partial charge in [-0.25, -0.2) is 4.79 Å². The average molecular weight is 448 g/mol. The fourth-order valence-electron chi connectivity index (χ4n) is 3.07. The molecule has 0 aliphatic carbocycles. The number of hydrogen-bond acceptors (Lipinski definition) is 7. The van der Waals surface area contributed by atoms with Gasteiger partial charge in [0.1, 0.15) is 17.2 Å². The lowest BCUT2D eigenvalue weighted by Gasteiger charge is -2.10. The summed E-state index contributed by atoms with van der Waals surface area (Å²) in [5, 5.41) is 0. The molecule has 0 aliphatic heterocycles. The van der Waals surface area contributed by atoms with Crippen LogP contribution >= 0.6 is 0 Å². The summed E-state index contributed by atoms with van der Waals surface area (Å²) in [5.74, 6) is 1.51. The lowest BCUT2D eigenvalue weighted by atomic mass is 10.1. The second kappa shape index (κ2) is 10.9. The SMILES string of the molecule is COc1ccc(C(=O)C=Cc2cccc(OC(=O)c3ccc(OC)c(OC)c3)c2)c(OC)c1. The number of carbonyl (C=O) groups excluding carboxylic acids is 2. The van der Waals surface area contributed by atoms with Crippen molar-refractivity contribution in [1.29, 1.82) is 0 Å². The highest BCUT2D eigenvalue weighted by molar-refractivity contribution is 6.08. The molecule has 7 heteroatoms. The molecule has 0 atom stereocenters. The van der Waals surface area contributed by atoms with Crippen LogP contribution in [-0.2, 0) is 0 Å². The summed E-state index contributed by atoms with van der Waals surface area (Å²) in [6, 6.07) is 16.6. The molecule has 0 N–H and O–H groups in total. The van der Waals surface area contributed by atoms with Crippen LogP contribution in [0.5, 0.6) is 28.7 Å². The van der Waals surface area contributed by atoms with Crippen molar-refractivity contribution in [3.8, 4) is 28.7 Å². The van der Waals surface area contributed by atoms with E-state index in [4.69, 9.17) is 23.7 Å². The Balaban J connectivity index is 1.74. The molecular formula is C26H24O7. The molecule has 0 bridgehead atoms. The van der Waals surface area contributed by atoms with Crippen LogP contribution in [0.15, 0.2) is 66.7 Å². The van der Waals surface area contributed by atoms with E-state index in [0.29, 0.717) is 45.4 Å². The molecule has 0 fully saturated rings. The van der Waals surface area contributed by atoms with Gasteiger partial charge in [0.15, 0.2) is 17.3 Å². The van der Waals surface area contributed by atoms with Crippen molar-refractivity contribution in [2.45, 2.75) is 0 Å². The largest absolute Gasteiger partial charge is 0.497 e. The van der Waals surface area contributed by atoms with Crippen molar-refractivity contribution >= 4 is 17.8 Å². The van der Waals surface area contributed by atoms with Gasteiger partial charge in [-0.2, -0.15) is 0 Å². The maximum Gasteiger partial charge on any atom is 0.343 e. The van der Waals surface area contributed by atoms with Gasteiger partial charge in [-0.3, -0.25) is 4.79 Å². The number of ketones is 1. The van der Waals surface area contributed by atoms with E-state index in [1.165, 1.54) is 27.4 Å². The summed E-state index contributed by atoms with van der Waals surface area (Å²) in [6.07, 6.45) is 3.07. The van der Waals surface area contributed by atoms with Crippen LogP contribution in [0.3, 0.4) is 0 Å². The van der Waals surface area contributed by atoms with Crippen molar-refractivity contribution in [3.63, 3.8) is 0 Å². The first-order valence-corrected chi connectivity index (χ1v) is 9.97. The summed E-state index contributed by atoms with van der Waals surface area (Å²) >= 11 is 0. The van der Waals surface area contributed by atoms with E-state index in [0.717, 1.165) is 0 Å². The number of allylic oxidation sites excluding steroid dienone is 1. The van der Waals surface area contributed by atoms with Gasteiger partial charge < -0.3 is 23.7 Å². The number of esters is 1. The van der Waals surface area contributed by atoms with Crippen LogP contribution in [-0.4, -0.2) is 40.2 Å². The smallest absolute Gasteiger partial charge is 0.343 e. The van der Waals surface area contributed by atoms with Crippen molar-refractivity contribution in [1.82, 2.24) is 0 Å². The van der Waals surface area contributed by atoms with Crippen LogP contribution in [0, 0.1) is 0 Å². The van der Waals surface area contributed by atoms with Gasteiger partial charge in [-0.1, -0.05) is 18.2 Å². The molecule has 0 spiro atoms. The van der Waals surface area contributed by atoms with E-state index in [2.05, 4.69) is 0 Å². The van der Waals surface area contributed by atoms with Crippen molar-refractivity contribution < 1.29 is 33.3 Å².